The molecule has 1 N–H and O–H groups in total. The first-order valence-corrected chi connectivity index (χ1v) is 9.50. The van der Waals surface area contributed by atoms with Gasteiger partial charge in [-0.25, -0.2) is 4.98 Å². The summed E-state index contributed by atoms with van der Waals surface area (Å²) in [5.41, 5.74) is 3.04. The van der Waals surface area contributed by atoms with Crippen molar-refractivity contribution in [1.29, 1.82) is 0 Å². The standard InChI is InChI=1S/C19H19N5O3S/c1-10-5-6-13(27-4)8-14(10)20-16(25)9-23-11(2)7-15-17(23)18(26)24-19(21-15)28-12(3)22-24/h5-8H,9H2,1-4H3,(H,20,25). The fraction of sp³-hybridized carbons (Fsp3) is 0.263. The van der Waals surface area contributed by atoms with Crippen molar-refractivity contribution in [2.75, 3.05) is 12.4 Å². The summed E-state index contributed by atoms with van der Waals surface area (Å²) in [4.78, 5) is 30.7. The van der Waals surface area contributed by atoms with Crippen LogP contribution in [0.1, 0.15) is 16.3 Å². The Morgan fingerprint density at radius 3 is 2.79 bits per heavy atom. The molecule has 0 spiro atoms. The van der Waals surface area contributed by atoms with Crippen LogP contribution >= 0.6 is 11.3 Å². The van der Waals surface area contributed by atoms with E-state index in [4.69, 9.17) is 4.74 Å². The summed E-state index contributed by atoms with van der Waals surface area (Å²) < 4.78 is 8.19. The molecule has 0 aliphatic carbocycles. The van der Waals surface area contributed by atoms with E-state index < -0.39 is 0 Å². The van der Waals surface area contributed by atoms with Crippen molar-refractivity contribution in [2.45, 2.75) is 27.3 Å². The van der Waals surface area contributed by atoms with Gasteiger partial charge in [-0.3, -0.25) is 9.59 Å². The van der Waals surface area contributed by atoms with E-state index in [9.17, 15) is 9.59 Å². The lowest BCUT2D eigenvalue weighted by molar-refractivity contribution is -0.116. The number of rotatable bonds is 4. The predicted molar refractivity (Wildman–Crippen MR) is 108 cm³/mol. The highest BCUT2D eigenvalue weighted by atomic mass is 32.1. The number of ether oxygens (including phenoxy) is 1. The summed E-state index contributed by atoms with van der Waals surface area (Å²) in [5.74, 6) is 0.420. The van der Waals surface area contributed by atoms with Gasteiger partial charge in [-0.1, -0.05) is 17.4 Å². The van der Waals surface area contributed by atoms with Crippen molar-refractivity contribution in [3.63, 3.8) is 0 Å². The topological polar surface area (TPSA) is 90.5 Å². The first kappa shape index (κ1) is 18.2. The van der Waals surface area contributed by atoms with Gasteiger partial charge in [0.1, 0.15) is 22.8 Å². The highest BCUT2D eigenvalue weighted by Gasteiger charge is 2.17. The van der Waals surface area contributed by atoms with Crippen LogP contribution in [0.3, 0.4) is 0 Å². The quantitative estimate of drug-likeness (QED) is 0.572. The lowest BCUT2D eigenvalue weighted by Crippen LogP contribution is -2.24. The van der Waals surface area contributed by atoms with Crippen LogP contribution in [-0.4, -0.2) is 32.2 Å². The van der Waals surface area contributed by atoms with Crippen LogP contribution in [0.5, 0.6) is 5.75 Å². The molecule has 4 rings (SSSR count). The maximum atomic E-state index is 12.9. The minimum atomic E-state index is -0.275. The van der Waals surface area contributed by atoms with E-state index in [-0.39, 0.29) is 18.0 Å². The van der Waals surface area contributed by atoms with E-state index in [1.807, 2.05) is 39.0 Å². The van der Waals surface area contributed by atoms with Crippen molar-refractivity contribution in [3.8, 4) is 5.75 Å². The average molecular weight is 397 g/mol. The first-order chi connectivity index (χ1) is 13.4. The number of hydrogen-bond acceptors (Lipinski definition) is 6. The van der Waals surface area contributed by atoms with Gasteiger partial charge in [-0.2, -0.15) is 9.61 Å². The number of nitrogens with one attached hydrogen (secondary N) is 1. The van der Waals surface area contributed by atoms with Crippen molar-refractivity contribution < 1.29 is 9.53 Å². The van der Waals surface area contributed by atoms with E-state index in [2.05, 4.69) is 15.4 Å². The maximum Gasteiger partial charge on any atom is 0.299 e. The molecule has 0 unspecified atom stereocenters. The molecule has 3 aromatic heterocycles. The molecule has 144 valence electrons. The molecule has 8 nitrogen and oxygen atoms in total. The molecule has 0 saturated heterocycles. The Kier molecular flexibility index (Phi) is 4.38. The van der Waals surface area contributed by atoms with Gasteiger partial charge in [0, 0.05) is 17.4 Å². The Labute approximate surface area is 164 Å². The number of nitrogens with zero attached hydrogens (tertiary/aromatic N) is 4. The lowest BCUT2D eigenvalue weighted by Gasteiger charge is -2.12. The number of fused-ring (bicyclic) bond motifs is 2. The number of aromatic nitrogens is 4. The van der Waals surface area contributed by atoms with Gasteiger partial charge < -0.3 is 14.6 Å². The molecule has 3 heterocycles. The van der Waals surface area contributed by atoms with Crippen LogP contribution in [0.25, 0.3) is 16.0 Å². The smallest absolute Gasteiger partial charge is 0.299 e. The third kappa shape index (κ3) is 3.03. The minimum Gasteiger partial charge on any atom is -0.497 e. The van der Waals surface area contributed by atoms with Crippen molar-refractivity contribution in [3.05, 3.63) is 50.9 Å². The Balaban J connectivity index is 1.71. The Bertz CT molecular complexity index is 1280. The molecule has 0 fully saturated rings. The number of aryl methyl sites for hydroxylation is 3. The summed E-state index contributed by atoms with van der Waals surface area (Å²) in [5, 5.41) is 7.87. The fourth-order valence-electron chi connectivity index (χ4n) is 3.15. The molecule has 0 atom stereocenters. The second-order valence-electron chi connectivity index (χ2n) is 6.57. The first-order valence-electron chi connectivity index (χ1n) is 8.68. The molecule has 9 heteroatoms. The van der Waals surface area contributed by atoms with Gasteiger partial charge in [-0.15, -0.1) is 0 Å². The van der Waals surface area contributed by atoms with Crippen molar-refractivity contribution in [2.24, 2.45) is 0 Å². The number of amides is 1. The normalized spacial score (nSPS) is 11.3. The van der Waals surface area contributed by atoms with E-state index in [0.29, 0.717) is 27.4 Å². The Morgan fingerprint density at radius 1 is 1.25 bits per heavy atom. The van der Waals surface area contributed by atoms with E-state index in [0.717, 1.165) is 16.3 Å². The summed E-state index contributed by atoms with van der Waals surface area (Å²) in [6.45, 7) is 5.58. The van der Waals surface area contributed by atoms with Crippen LogP contribution < -0.4 is 15.6 Å². The van der Waals surface area contributed by atoms with Crippen molar-refractivity contribution in [1.82, 2.24) is 19.2 Å². The molecule has 0 bridgehead atoms. The predicted octanol–water partition coefficient (Wildman–Crippen LogP) is 2.68. The van der Waals surface area contributed by atoms with Crippen LogP contribution in [-0.2, 0) is 11.3 Å². The lowest BCUT2D eigenvalue weighted by atomic mass is 10.2. The summed E-state index contributed by atoms with van der Waals surface area (Å²) in [6.07, 6.45) is 0. The van der Waals surface area contributed by atoms with Gasteiger partial charge in [0.15, 0.2) is 0 Å². The zero-order chi connectivity index (χ0) is 20.0. The van der Waals surface area contributed by atoms with Crippen LogP contribution in [0.4, 0.5) is 5.69 Å². The second kappa shape index (κ2) is 6.75. The minimum absolute atomic E-state index is 0.00190. The molecule has 1 amide bonds. The number of methoxy groups -OCH3 is 1. The highest BCUT2D eigenvalue weighted by Crippen LogP contribution is 2.22. The van der Waals surface area contributed by atoms with Crippen LogP contribution in [0.2, 0.25) is 0 Å². The zero-order valence-corrected chi connectivity index (χ0v) is 16.8. The van der Waals surface area contributed by atoms with E-state index in [1.54, 1.807) is 17.7 Å². The third-order valence-electron chi connectivity index (χ3n) is 4.58. The maximum absolute atomic E-state index is 12.9. The zero-order valence-electron chi connectivity index (χ0n) is 15.9. The SMILES string of the molecule is COc1ccc(C)c(NC(=O)Cn2c(C)cc3nc4sc(C)nn4c(=O)c32)c1. The number of anilines is 1. The molecule has 0 aliphatic heterocycles. The van der Waals surface area contributed by atoms with E-state index in [1.165, 1.54) is 15.9 Å². The largest absolute Gasteiger partial charge is 0.497 e. The van der Waals surface area contributed by atoms with Crippen LogP contribution in [0, 0.1) is 20.8 Å². The monoisotopic (exact) mass is 397 g/mol. The molecular formula is C19H19N5O3S. The average Bonchev–Trinajstić information content (AvgIpc) is 3.17. The number of benzene rings is 1. The third-order valence-corrected chi connectivity index (χ3v) is 5.40. The highest BCUT2D eigenvalue weighted by molar-refractivity contribution is 7.16. The van der Waals surface area contributed by atoms with E-state index >= 15 is 0 Å². The molecule has 4 aromatic rings. The number of carbonyl (C=O) groups excluding carboxylic acids is 1. The number of carbonyl (C=O) groups is 1. The van der Waals surface area contributed by atoms with Gasteiger partial charge in [0.05, 0.1) is 12.6 Å². The van der Waals surface area contributed by atoms with Crippen molar-refractivity contribution >= 4 is 38.9 Å². The fourth-order valence-corrected chi connectivity index (χ4v) is 3.89. The molecule has 0 radical (unpaired) electrons. The summed E-state index contributed by atoms with van der Waals surface area (Å²) in [7, 11) is 1.58. The van der Waals surface area contributed by atoms with Gasteiger partial charge in [-0.05, 0) is 38.5 Å². The number of hydrogen-bond donors (Lipinski definition) is 1. The van der Waals surface area contributed by atoms with Gasteiger partial charge >= 0.3 is 0 Å². The molecule has 0 aliphatic rings. The Morgan fingerprint density at radius 2 is 2.04 bits per heavy atom. The molecule has 0 saturated carbocycles. The Hall–Kier alpha value is -3.20. The summed E-state index contributed by atoms with van der Waals surface area (Å²) >= 11 is 1.36. The van der Waals surface area contributed by atoms with Gasteiger partial charge in [0.25, 0.3) is 5.56 Å². The van der Waals surface area contributed by atoms with Crippen LogP contribution in [0.15, 0.2) is 29.1 Å². The molecule has 1 aromatic carbocycles. The summed E-state index contributed by atoms with van der Waals surface area (Å²) in [6, 6.07) is 7.30. The van der Waals surface area contributed by atoms with Gasteiger partial charge in [0.2, 0.25) is 10.9 Å². The second-order valence-corrected chi connectivity index (χ2v) is 7.73. The molecular weight excluding hydrogens is 378 g/mol. The molecule has 28 heavy (non-hydrogen) atoms.